The second-order valence-corrected chi connectivity index (χ2v) is 7.40. The highest BCUT2D eigenvalue weighted by atomic mass is 16.3. The summed E-state index contributed by atoms with van der Waals surface area (Å²) < 4.78 is 0. The quantitative estimate of drug-likeness (QED) is 0.614. The molecule has 1 aliphatic rings. The molecule has 106 valence electrons. The number of isocyanates is 1. The van der Waals surface area contributed by atoms with E-state index in [1.165, 1.54) is 0 Å². The van der Waals surface area contributed by atoms with Crippen LogP contribution in [0, 0.1) is 16.7 Å². The first-order valence-electron chi connectivity index (χ1n) is 6.68. The fourth-order valence-electron chi connectivity index (χ4n) is 2.59. The van der Waals surface area contributed by atoms with Crippen molar-refractivity contribution in [2.24, 2.45) is 21.7 Å². The third-order valence-corrected chi connectivity index (χ3v) is 3.87. The van der Waals surface area contributed by atoms with Gasteiger partial charge in [0.25, 0.3) is 0 Å². The number of carbonyl (C=O) groups excluding carboxylic acids is 1. The zero-order chi connectivity index (χ0) is 14.9. The van der Waals surface area contributed by atoms with Crippen molar-refractivity contribution in [2.75, 3.05) is 6.54 Å². The van der Waals surface area contributed by atoms with Crippen LogP contribution < -0.4 is 0 Å². The van der Waals surface area contributed by atoms with Crippen molar-refractivity contribution < 1.29 is 9.90 Å². The Labute approximate surface area is 116 Å². The van der Waals surface area contributed by atoms with E-state index in [1.54, 1.807) is 6.08 Å². The molecule has 0 aliphatic heterocycles. The standard InChI is InChI=1S/C16H25NO2/c1-14(2,3)13-9-12(10-17-11-18)7-8-16(13,19)15(4,5)6/h7-9,13,19H,10H2,1-6H3. The Kier molecular flexibility index (Phi) is 4.23. The zero-order valence-corrected chi connectivity index (χ0v) is 12.8. The second kappa shape index (κ2) is 5.07. The third kappa shape index (κ3) is 3.23. The van der Waals surface area contributed by atoms with Crippen LogP contribution in [0.4, 0.5) is 0 Å². The summed E-state index contributed by atoms with van der Waals surface area (Å²) in [6.45, 7) is 12.8. The van der Waals surface area contributed by atoms with E-state index < -0.39 is 5.60 Å². The smallest absolute Gasteiger partial charge is 0.235 e. The van der Waals surface area contributed by atoms with Gasteiger partial charge in [-0.25, -0.2) is 9.79 Å². The van der Waals surface area contributed by atoms with E-state index in [1.807, 2.05) is 39.0 Å². The van der Waals surface area contributed by atoms with Gasteiger partial charge in [-0.1, -0.05) is 59.8 Å². The van der Waals surface area contributed by atoms with Crippen LogP contribution in [0.2, 0.25) is 0 Å². The highest BCUT2D eigenvalue weighted by molar-refractivity contribution is 5.38. The molecule has 0 aromatic rings. The van der Waals surface area contributed by atoms with E-state index in [0.717, 1.165) is 5.57 Å². The molecular weight excluding hydrogens is 238 g/mol. The van der Waals surface area contributed by atoms with Gasteiger partial charge in [-0.2, -0.15) is 0 Å². The normalized spacial score (nSPS) is 27.7. The van der Waals surface area contributed by atoms with Crippen LogP contribution in [-0.4, -0.2) is 23.3 Å². The summed E-state index contributed by atoms with van der Waals surface area (Å²) >= 11 is 0. The van der Waals surface area contributed by atoms with E-state index in [4.69, 9.17) is 0 Å². The Bertz CT molecular complexity index is 442. The lowest BCUT2D eigenvalue weighted by Crippen LogP contribution is -2.52. The minimum absolute atomic E-state index is 0.0261. The van der Waals surface area contributed by atoms with Gasteiger partial charge < -0.3 is 5.11 Å². The van der Waals surface area contributed by atoms with Gasteiger partial charge in [-0.3, -0.25) is 0 Å². The molecule has 3 heteroatoms. The summed E-state index contributed by atoms with van der Waals surface area (Å²) in [5.41, 5.74) is -0.294. The lowest BCUT2D eigenvalue weighted by atomic mass is 9.59. The summed E-state index contributed by atoms with van der Waals surface area (Å²) in [7, 11) is 0. The maximum atomic E-state index is 11.1. The molecule has 0 fully saturated rings. The largest absolute Gasteiger partial charge is 0.385 e. The summed E-state index contributed by atoms with van der Waals surface area (Å²) in [4.78, 5) is 13.8. The maximum absolute atomic E-state index is 11.1. The summed E-state index contributed by atoms with van der Waals surface area (Å²) in [6.07, 6.45) is 7.33. The summed E-state index contributed by atoms with van der Waals surface area (Å²) in [5, 5.41) is 11.1. The van der Waals surface area contributed by atoms with Crippen LogP contribution in [0.3, 0.4) is 0 Å². The fourth-order valence-corrected chi connectivity index (χ4v) is 2.59. The van der Waals surface area contributed by atoms with E-state index in [9.17, 15) is 9.90 Å². The topological polar surface area (TPSA) is 49.7 Å². The molecule has 0 amide bonds. The molecule has 19 heavy (non-hydrogen) atoms. The SMILES string of the molecule is CC(C)(C)C1C=C(CN=C=O)C=CC1(O)C(C)(C)C. The van der Waals surface area contributed by atoms with Crippen LogP contribution in [0.15, 0.2) is 28.8 Å². The molecule has 2 unspecified atom stereocenters. The van der Waals surface area contributed by atoms with E-state index in [0.29, 0.717) is 6.54 Å². The van der Waals surface area contributed by atoms with Gasteiger partial charge in [0, 0.05) is 5.92 Å². The van der Waals surface area contributed by atoms with Crippen molar-refractivity contribution in [3.05, 3.63) is 23.8 Å². The molecule has 0 heterocycles. The zero-order valence-electron chi connectivity index (χ0n) is 12.8. The minimum atomic E-state index is -0.903. The van der Waals surface area contributed by atoms with Gasteiger partial charge in [0.15, 0.2) is 0 Å². The van der Waals surface area contributed by atoms with Gasteiger partial charge in [-0.05, 0) is 16.4 Å². The monoisotopic (exact) mass is 263 g/mol. The van der Waals surface area contributed by atoms with Crippen molar-refractivity contribution >= 4 is 6.08 Å². The molecule has 0 saturated heterocycles. The molecule has 0 radical (unpaired) electrons. The molecule has 0 saturated carbocycles. The first-order chi connectivity index (χ1) is 8.52. The molecule has 0 bridgehead atoms. The minimum Gasteiger partial charge on any atom is -0.385 e. The molecular formula is C16H25NO2. The molecule has 0 aromatic heterocycles. The molecule has 1 N–H and O–H groups in total. The van der Waals surface area contributed by atoms with Crippen molar-refractivity contribution in [3.63, 3.8) is 0 Å². The lowest BCUT2D eigenvalue weighted by molar-refractivity contribution is -0.0804. The van der Waals surface area contributed by atoms with Gasteiger partial charge in [0.2, 0.25) is 6.08 Å². The van der Waals surface area contributed by atoms with Crippen molar-refractivity contribution in [3.8, 4) is 0 Å². The Hall–Kier alpha value is -1.18. The number of rotatable bonds is 2. The van der Waals surface area contributed by atoms with Gasteiger partial charge in [0.05, 0.1) is 12.1 Å². The maximum Gasteiger partial charge on any atom is 0.235 e. The van der Waals surface area contributed by atoms with E-state index >= 15 is 0 Å². The molecule has 2 atom stereocenters. The Balaban J connectivity index is 3.23. The van der Waals surface area contributed by atoms with Gasteiger partial charge in [-0.15, -0.1) is 0 Å². The molecule has 0 aromatic carbocycles. The predicted molar refractivity (Wildman–Crippen MR) is 77.6 cm³/mol. The highest BCUT2D eigenvalue weighted by Crippen LogP contribution is 2.48. The van der Waals surface area contributed by atoms with Crippen LogP contribution in [0.5, 0.6) is 0 Å². The number of nitrogens with zero attached hydrogens (tertiary/aromatic N) is 1. The van der Waals surface area contributed by atoms with Crippen molar-refractivity contribution in [2.45, 2.75) is 47.1 Å². The Morgan fingerprint density at radius 1 is 1.32 bits per heavy atom. The van der Waals surface area contributed by atoms with Crippen LogP contribution in [-0.2, 0) is 4.79 Å². The average Bonchev–Trinajstić information content (AvgIpc) is 2.25. The Morgan fingerprint density at radius 2 is 1.89 bits per heavy atom. The third-order valence-electron chi connectivity index (χ3n) is 3.87. The number of hydrogen-bond donors (Lipinski definition) is 1. The van der Waals surface area contributed by atoms with E-state index in [-0.39, 0.29) is 16.7 Å². The first kappa shape index (κ1) is 15.9. The molecule has 3 nitrogen and oxygen atoms in total. The number of aliphatic imine (C=N–C) groups is 1. The van der Waals surface area contributed by atoms with Crippen LogP contribution in [0.1, 0.15) is 41.5 Å². The van der Waals surface area contributed by atoms with E-state index in [2.05, 4.69) is 25.8 Å². The van der Waals surface area contributed by atoms with Crippen molar-refractivity contribution in [1.29, 1.82) is 0 Å². The summed E-state index contributed by atoms with van der Waals surface area (Å²) in [6, 6.07) is 0. The molecule has 1 rings (SSSR count). The van der Waals surface area contributed by atoms with Crippen LogP contribution in [0.25, 0.3) is 0 Å². The molecule has 1 aliphatic carbocycles. The lowest BCUT2D eigenvalue weighted by Gasteiger charge is -2.49. The highest BCUT2D eigenvalue weighted by Gasteiger charge is 2.49. The van der Waals surface area contributed by atoms with Crippen molar-refractivity contribution in [1.82, 2.24) is 0 Å². The summed E-state index contributed by atoms with van der Waals surface area (Å²) in [5.74, 6) is -0.0261. The van der Waals surface area contributed by atoms with Gasteiger partial charge >= 0.3 is 0 Å². The van der Waals surface area contributed by atoms with Crippen LogP contribution >= 0.6 is 0 Å². The predicted octanol–water partition coefficient (Wildman–Crippen LogP) is 3.26. The average molecular weight is 263 g/mol. The first-order valence-corrected chi connectivity index (χ1v) is 6.68. The Morgan fingerprint density at radius 3 is 2.32 bits per heavy atom. The molecule has 0 spiro atoms. The second-order valence-electron chi connectivity index (χ2n) is 7.40. The number of aliphatic hydroxyl groups is 1. The van der Waals surface area contributed by atoms with Gasteiger partial charge in [0.1, 0.15) is 0 Å². The fraction of sp³-hybridized carbons (Fsp3) is 0.688. The number of hydrogen-bond acceptors (Lipinski definition) is 3.